The Balaban J connectivity index is 1.54. The minimum absolute atomic E-state index is 0.0250. The van der Waals surface area contributed by atoms with E-state index in [4.69, 9.17) is 0 Å². The Morgan fingerprint density at radius 1 is 0.359 bits per heavy atom. The predicted molar refractivity (Wildman–Crippen MR) is 164 cm³/mol. The second kappa shape index (κ2) is 8.41. The van der Waals surface area contributed by atoms with Crippen LogP contribution in [0, 0.1) is 0 Å². The van der Waals surface area contributed by atoms with Gasteiger partial charge in [0.05, 0.1) is 11.0 Å². The summed E-state index contributed by atoms with van der Waals surface area (Å²) >= 11 is 0. The highest BCUT2D eigenvalue weighted by atomic mass is 16.1. The molecule has 182 valence electrons. The molecule has 8 aromatic rings. The molecule has 2 heteroatoms. The van der Waals surface area contributed by atoms with E-state index in [0.29, 0.717) is 0 Å². The Kier molecular flexibility index (Phi) is 4.71. The lowest BCUT2D eigenvalue weighted by atomic mass is 9.95. The van der Waals surface area contributed by atoms with E-state index in [1.54, 1.807) is 0 Å². The normalized spacial score (nSPS) is 11.7. The van der Waals surface area contributed by atoms with Gasteiger partial charge in [0.15, 0.2) is 0 Å². The van der Waals surface area contributed by atoms with Crippen molar-refractivity contribution < 1.29 is 0 Å². The molecule has 0 aliphatic rings. The molecular formula is C37H23NO. The van der Waals surface area contributed by atoms with Crippen LogP contribution in [0.4, 0.5) is 0 Å². The van der Waals surface area contributed by atoms with Crippen LogP contribution in [-0.4, -0.2) is 4.40 Å². The molecule has 2 nitrogen and oxygen atoms in total. The summed E-state index contributed by atoms with van der Waals surface area (Å²) in [5, 5.41) is 5.01. The maximum Gasteiger partial charge on any atom is 0.263 e. The number of pyridine rings is 1. The average molecular weight is 498 g/mol. The van der Waals surface area contributed by atoms with Gasteiger partial charge in [0.25, 0.3) is 5.56 Å². The number of hydrogen-bond acceptors (Lipinski definition) is 1. The molecule has 0 radical (unpaired) electrons. The Morgan fingerprint density at radius 3 is 1.41 bits per heavy atom. The van der Waals surface area contributed by atoms with Crippen LogP contribution in [0.2, 0.25) is 0 Å². The van der Waals surface area contributed by atoms with Gasteiger partial charge in [-0.1, -0.05) is 103 Å². The summed E-state index contributed by atoms with van der Waals surface area (Å²) in [5.74, 6) is 0. The summed E-state index contributed by atoms with van der Waals surface area (Å²) in [5.41, 5.74) is 8.81. The van der Waals surface area contributed by atoms with E-state index in [2.05, 4.69) is 115 Å². The van der Waals surface area contributed by atoms with Gasteiger partial charge < -0.3 is 0 Å². The van der Waals surface area contributed by atoms with Crippen molar-refractivity contribution in [3.8, 4) is 33.4 Å². The molecule has 0 amide bonds. The van der Waals surface area contributed by atoms with Gasteiger partial charge in [0.2, 0.25) is 0 Å². The lowest BCUT2D eigenvalue weighted by Gasteiger charge is -2.11. The van der Waals surface area contributed by atoms with E-state index in [1.807, 2.05) is 28.7 Å². The van der Waals surface area contributed by atoms with Crippen molar-refractivity contribution in [2.75, 3.05) is 0 Å². The van der Waals surface area contributed by atoms with Crippen LogP contribution in [-0.2, 0) is 0 Å². The largest absolute Gasteiger partial charge is 0.275 e. The van der Waals surface area contributed by atoms with Crippen molar-refractivity contribution in [2.45, 2.75) is 0 Å². The topological polar surface area (TPSA) is 21.5 Å². The molecule has 0 spiro atoms. The van der Waals surface area contributed by atoms with E-state index in [0.717, 1.165) is 71.3 Å². The van der Waals surface area contributed by atoms with Crippen LogP contribution in [0.5, 0.6) is 0 Å². The highest BCUT2D eigenvalue weighted by Crippen LogP contribution is 2.40. The van der Waals surface area contributed by atoms with Crippen LogP contribution in [0.1, 0.15) is 0 Å². The molecule has 0 aliphatic heterocycles. The molecule has 0 N–H and O–H groups in total. The molecule has 0 atom stereocenters. The van der Waals surface area contributed by atoms with E-state index in [1.165, 1.54) is 0 Å². The third-order valence-electron chi connectivity index (χ3n) is 7.93. The van der Waals surface area contributed by atoms with Gasteiger partial charge in [-0.05, 0) is 75.2 Å². The number of fused-ring (bicyclic) bond motifs is 5. The summed E-state index contributed by atoms with van der Waals surface area (Å²) in [6, 6.07) is 48.5. The number of hydrogen-bond donors (Lipinski definition) is 0. The maximum absolute atomic E-state index is 14.1. The fraction of sp³-hybridized carbons (Fsp3) is 0. The second-order valence-corrected chi connectivity index (χ2v) is 10.2. The van der Waals surface area contributed by atoms with Gasteiger partial charge in [0.1, 0.15) is 0 Å². The summed E-state index contributed by atoms with van der Waals surface area (Å²) in [4.78, 5) is 14.1. The quantitative estimate of drug-likeness (QED) is 0.223. The molecule has 0 saturated carbocycles. The van der Waals surface area contributed by atoms with Gasteiger partial charge in [-0.15, -0.1) is 0 Å². The minimum Gasteiger partial charge on any atom is -0.275 e. The molecule has 0 fully saturated rings. The Bertz CT molecular complexity index is 2210. The van der Waals surface area contributed by atoms with Crippen LogP contribution in [0.15, 0.2) is 144 Å². The zero-order valence-electron chi connectivity index (χ0n) is 21.1. The third-order valence-corrected chi connectivity index (χ3v) is 7.93. The zero-order chi connectivity index (χ0) is 25.9. The first kappa shape index (κ1) is 21.8. The molecule has 8 rings (SSSR count). The standard InChI is InChI=1S/C37H23NO/c39-37-30-18-16-27(24-10-4-1-5-11-24)20-31(30)33-22-29(26-14-8-3-9-15-26)23-34-32-21-28(25-12-6-2-7-13-25)17-19-35(32)38(37)36(33)34/h1-23H. The Morgan fingerprint density at radius 2 is 0.821 bits per heavy atom. The van der Waals surface area contributed by atoms with Gasteiger partial charge in [0, 0.05) is 21.5 Å². The molecule has 0 bridgehead atoms. The van der Waals surface area contributed by atoms with Gasteiger partial charge in [-0.25, -0.2) is 0 Å². The summed E-state index contributed by atoms with van der Waals surface area (Å²) in [6.45, 7) is 0. The van der Waals surface area contributed by atoms with E-state index < -0.39 is 0 Å². The van der Waals surface area contributed by atoms with E-state index in [-0.39, 0.29) is 5.56 Å². The first-order valence-corrected chi connectivity index (χ1v) is 13.2. The van der Waals surface area contributed by atoms with E-state index >= 15 is 0 Å². The van der Waals surface area contributed by atoms with E-state index in [9.17, 15) is 4.79 Å². The number of rotatable bonds is 3. The summed E-state index contributed by atoms with van der Waals surface area (Å²) < 4.78 is 1.92. The third kappa shape index (κ3) is 3.32. The smallest absolute Gasteiger partial charge is 0.263 e. The molecule has 6 aromatic carbocycles. The molecule has 2 aromatic heterocycles. The maximum atomic E-state index is 14.1. The van der Waals surface area contributed by atoms with Crippen molar-refractivity contribution in [3.05, 3.63) is 150 Å². The lowest BCUT2D eigenvalue weighted by molar-refractivity contribution is 1.21. The monoisotopic (exact) mass is 497 g/mol. The molecule has 39 heavy (non-hydrogen) atoms. The highest BCUT2D eigenvalue weighted by Gasteiger charge is 2.19. The van der Waals surface area contributed by atoms with Crippen molar-refractivity contribution in [3.63, 3.8) is 0 Å². The Hall–Kier alpha value is -5.21. The lowest BCUT2D eigenvalue weighted by Crippen LogP contribution is -2.13. The van der Waals surface area contributed by atoms with Crippen LogP contribution < -0.4 is 5.56 Å². The van der Waals surface area contributed by atoms with Crippen molar-refractivity contribution in [1.29, 1.82) is 0 Å². The van der Waals surface area contributed by atoms with Crippen molar-refractivity contribution in [1.82, 2.24) is 4.40 Å². The molecule has 2 heterocycles. The Labute approximate surface area is 225 Å². The molecule has 0 aliphatic carbocycles. The molecule has 0 unspecified atom stereocenters. The SMILES string of the molecule is O=c1c2ccc(-c3ccccc3)cc2c2cc(-c3ccccc3)cc3c4cc(-c5ccccc5)ccc4n1c23. The van der Waals surface area contributed by atoms with Gasteiger partial charge in [-0.2, -0.15) is 0 Å². The van der Waals surface area contributed by atoms with Crippen LogP contribution in [0.25, 0.3) is 71.3 Å². The fourth-order valence-corrected chi connectivity index (χ4v) is 6.06. The van der Waals surface area contributed by atoms with Gasteiger partial charge >= 0.3 is 0 Å². The van der Waals surface area contributed by atoms with Crippen molar-refractivity contribution >= 4 is 38.0 Å². The number of nitrogens with zero attached hydrogens (tertiary/aromatic N) is 1. The first-order valence-electron chi connectivity index (χ1n) is 13.2. The highest BCUT2D eigenvalue weighted by molar-refractivity contribution is 6.22. The van der Waals surface area contributed by atoms with Crippen molar-refractivity contribution in [2.24, 2.45) is 0 Å². The number of benzene rings is 6. The van der Waals surface area contributed by atoms with Crippen LogP contribution >= 0.6 is 0 Å². The predicted octanol–water partition coefficient (Wildman–Crippen LogP) is 9.20. The molecule has 0 saturated heterocycles. The minimum atomic E-state index is 0.0250. The zero-order valence-corrected chi connectivity index (χ0v) is 21.1. The fourth-order valence-electron chi connectivity index (χ4n) is 6.06. The number of aromatic nitrogens is 1. The molecular weight excluding hydrogens is 474 g/mol. The van der Waals surface area contributed by atoms with Crippen LogP contribution in [0.3, 0.4) is 0 Å². The summed E-state index contributed by atoms with van der Waals surface area (Å²) in [7, 11) is 0. The van der Waals surface area contributed by atoms with Gasteiger partial charge in [-0.3, -0.25) is 9.20 Å². The summed E-state index contributed by atoms with van der Waals surface area (Å²) in [6.07, 6.45) is 0. The average Bonchev–Trinajstić information content (AvgIpc) is 3.35. The second-order valence-electron chi connectivity index (χ2n) is 10.2. The first-order chi connectivity index (χ1) is 19.3.